The first-order valence-electron chi connectivity index (χ1n) is 9.07. The third kappa shape index (κ3) is 2.87. The summed E-state index contributed by atoms with van der Waals surface area (Å²) < 4.78 is 0. The number of nitrogens with zero attached hydrogens (tertiary/aromatic N) is 2. The number of imide groups is 1. The van der Waals surface area contributed by atoms with Gasteiger partial charge in [-0.25, -0.2) is 9.69 Å². The van der Waals surface area contributed by atoms with Crippen LogP contribution >= 0.6 is 0 Å². The van der Waals surface area contributed by atoms with E-state index in [4.69, 9.17) is 0 Å². The Balaban J connectivity index is 1.69. The van der Waals surface area contributed by atoms with Crippen molar-refractivity contribution < 1.29 is 14.4 Å². The van der Waals surface area contributed by atoms with E-state index < -0.39 is 6.04 Å². The highest BCUT2D eigenvalue weighted by Crippen LogP contribution is 2.32. The maximum absolute atomic E-state index is 13.1. The molecule has 0 bridgehead atoms. The highest BCUT2D eigenvalue weighted by atomic mass is 16.2. The predicted molar refractivity (Wildman–Crippen MR) is 101 cm³/mol. The van der Waals surface area contributed by atoms with E-state index in [1.54, 1.807) is 23.1 Å². The van der Waals surface area contributed by atoms with E-state index in [9.17, 15) is 14.4 Å². The quantitative estimate of drug-likeness (QED) is 0.849. The number of anilines is 1. The third-order valence-electron chi connectivity index (χ3n) is 5.10. The average molecular weight is 363 g/mol. The summed E-state index contributed by atoms with van der Waals surface area (Å²) in [6, 6.07) is 13.9. The molecule has 0 saturated carbocycles. The Morgan fingerprint density at radius 2 is 1.81 bits per heavy atom. The molecule has 1 atom stereocenters. The van der Waals surface area contributed by atoms with E-state index in [0.717, 1.165) is 11.1 Å². The molecule has 1 unspecified atom stereocenters. The smallest absolute Gasteiger partial charge is 0.332 e. The number of benzene rings is 2. The number of amides is 4. The zero-order valence-electron chi connectivity index (χ0n) is 15.3. The van der Waals surface area contributed by atoms with Crippen LogP contribution in [0.25, 0.3) is 0 Å². The largest absolute Gasteiger partial charge is 0.348 e. The van der Waals surface area contributed by atoms with Crippen LogP contribution in [0.4, 0.5) is 10.5 Å². The molecule has 2 aromatic carbocycles. The molecule has 2 heterocycles. The molecule has 0 aliphatic carbocycles. The molecule has 1 fully saturated rings. The summed E-state index contributed by atoms with van der Waals surface area (Å²) in [5, 5.41) is 2.76. The molecule has 6 nitrogen and oxygen atoms in total. The second kappa shape index (κ2) is 6.54. The molecular weight excluding hydrogens is 342 g/mol. The first-order chi connectivity index (χ1) is 13.0. The molecule has 0 aromatic heterocycles. The molecule has 0 radical (unpaired) electrons. The van der Waals surface area contributed by atoms with Crippen LogP contribution in [0.2, 0.25) is 0 Å². The van der Waals surface area contributed by atoms with Gasteiger partial charge in [-0.3, -0.25) is 9.59 Å². The first kappa shape index (κ1) is 17.3. The summed E-state index contributed by atoms with van der Waals surface area (Å²) in [5.41, 5.74) is 2.90. The molecule has 138 valence electrons. The summed E-state index contributed by atoms with van der Waals surface area (Å²) in [5.74, 6) is -0.350. The molecule has 2 aliphatic heterocycles. The lowest BCUT2D eigenvalue weighted by molar-refractivity contribution is -0.120. The summed E-state index contributed by atoms with van der Waals surface area (Å²) in [6.45, 7) is 4.69. The fraction of sp³-hybridized carbons (Fsp3) is 0.286. The SMILES string of the molecule is CC(C)C1C(=O)N(c2ccc3c(c2)CNC3=O)C(=O)N1Cc1ccccc1. The Bertz CT molecular complexity index is 924. The van der Waals surface area contributed by atoms with Crippen LogP contribution in [0.3, 0.4) is 0 Å². The van der Waals surface area contributed by atoms with Crippen molar-refractivity contribution in [1.82, 2.24) is 10.2 Å². The van der Waals surface area contributed by atoms with Gasteiger partial charge < -0.3 is 10.2 Å². The van der Waals surface area contributed by atoms with Crippen LogP contribution < -0.4 is 10.2 Å². The fourth-order valence-electron chi connectivity index (χ4n) is 3.79. The number of nitrogens with one attached hydrogen (secondary N) is 1. The van der Waals surface area contributed by atoms with Crippen LogP contribution in [0.5, 0.6) is 0 Å². The van der Waals surface area contributed by atoms with Crippen LogP contribution in [-0.2, 0) is 17.9 Å². The Hall–Kier alpha value is -3.15. The molecule has 4 rings (SSSR count). The Kier molecular flexibility index (Phi) is 4.18. The molecule has 0 spiro atoms. The van der Waals surface area contributed by atoms with Gasteiger partial charge in [-0.15, -0.1) is 0 Å². The number of rotatable bonds is 4. The molecule has 4 amide bonds. The molecule has 6 heteroatoms. The van der Waals surface area contributed by atoms with Gasteiger partial charge in [0.15, 0.2) is 0 Å². The predicted octanol–water partition coefficient (Wildman–Crippen LogP) is 2.92. The van der Waals surface area contributed by atoms with Crippen molar-refractivity contribution >= 4 is 23.5 Å². The Morgan fingerprint density at radius 1 is 1.07 bits per heavy atom. The van der Waals surface area contributed by atoms with E-state index in [2.05, 4.69) is 5.32 Å². The van der Waals surface area contributed by atoms with Gasteiger partial charge in [-0.05, 0) is 35.2 Å². The summed E-state index contributed by atoms with van der Waals surface area (Å²) in [6.07, 6.45) is 0. The van der Waals surface area contributed by atoms with Crippen LogP contribution in [0.1, 0.15) is 35.3 Å². The van der Waals surface area contributed by atoms with Crippen LogP contribution in [0, 0.1) is 5.92 Å². The van der Waals surface area contributed by atoms with Crippen LogP contribution in [0.15, 0.2) is 48.5 Å². The number of hydrogen-bond donors (Lipinski definition) is 1. The topological polar surface area (TPSA) is 69.7 Å². The maximum Gasteiger partial charge on any atom is 0.332 e. The molecule has 2 aromatic rings. The molecular formula is C21H21N3O3. The second-order valence-corrected chi connectivity index (χ2v) is 7.28. The minimum atomic E-state index is -0.509. The lowest BCUT2D eigenvalue weighted by Crippen LogP contribution is -2.38. The minimum Gasteiger partial charge on any atom is -0.348 e. The second-order valence-electron chi connectivity index (χ2n) is 7.28. The third-order valence-corrected chi connectivity index (χ3v) is 5.10. The zero-order valence-corrected chi connectivity index (χ0v) is 15.3. The van der Waals surface area contributed by atoms with E-state index >= 15 is 0 Å². The summed E-state index contributed by atoms with van der Waals surface area (Å²) in [4.78, 5) is 40.9. The molecule has 1 saturated heterocycles. The van der Waals surface area contributed by atoms with Crippen molar-refractivity contribution in [2.75, 3.05) is 4.90 Å². The van der Waals surface area contributed by atoms with E-state index in [-0.39, 0.29) is 23.8 Å². The van der Waals surface area contributed by atoms with Gasteiger partial charge in [0.25, 0.3) is 11.8 Å². The zero-order chi connectivity index (χ0) is 19.1. The van der Waals surface area contributed by atoms with Crippen molar-refractivity contribution in [2.24, 2.45) is 5.92 Å². The van der Waals surface area contributed by atoms with Crippen LogP contribution in [-0.4, -0.2) is 28.8 Å². The normalized spacial score (nSPS) is 19.1. The monoisotopic (exact) mass is 363 g/mol. The van der Waals surface area contributed by atoms with Gasteiger partial charge in [0.05, 0.1) is 5.69 Å². The van der Waals surface area contributed by atoms with Crippen molar-refractivity contribution in [1.29, 1.82) is 0 Å². The molecule has 27 heavy (non-hydrogen) atoms. The maximum atomic E-state index is 13.1. The highest BCUT2D eigenvalue weighted by Gasteiger charge is 2.47. The summed E-state index contributed by atoms with van der Waals surface area (Å²) >= 11 is 0. The van der Waals surface area contributed by atoms with Gasteiger partial charge in [0.1, 0.15) is 6.04 Å². The minimum absolute atomic E-state index is 0.00664. The van der Waals surface area contributed by atoms with Crippen molar-refractivity contribution in [3.05, 3.63) is 65.2 Å². The van der Waals surface area contributed by atoms with Crippen molar-refractivity contribution in [3.63, 3.8) is 0 Å². The summed E-state index contributed by atoms with van der Waals surface area (Å²) in [7, 11) is 0. The van der Waals surface area contributed by atoms with E-state index in [0.29, 0.717) is 24.3 Å². The van der Waals surface area contributed by atoms with Gasteiger partial charge in [-0.2, -0.15) is 0 Å². The number of carbonyl (C=O) groups excluding carboxylic acids is 3. The number of hydrogen-bond acceptors (Lipinski definition) is 3. The highest BCUT2D eigenvalue weighted by molar-refractivity contribution is 6.21. The van der Waals surface area contributed by atoms with Crippen molar-refractivity contribution in [2.45, 2.75) is 33.0 Å². The number of carbonyl (C=O) groups is 3. The van der Waals surface area contributed by atoms with E-state index in [1.165, 1.54) is 4.90 Å². The number of urea groups is 1. The Labute approximate surface area is 157 Å². The molecule has 1 N–H and O–H groups in total. The van der Waals surface area contributed by atoms with Crippen molar-refractivity contribution in [3.8, 4) is 0 Å². The lowest BCUT2D eigenvalue weighted by atomic mass is 10.0. The van der Waals surface area contributed by atoms with Gasteiger partial charge in [0, 0.05) is 18.7 Å². The number of fused-ring (bicyclic) bond motifs is 1. The molecule has 2 aliphatic rings. The standard InChI is InChI=1S/C21H21N3O3/c1-13(2)18-20(26)24(16-8-9-17-15(10-16)11-22-19(17)25)21(27)23(18)12-14-6-4-3-5-7-14/h3-10,13,18H,11-12H2,1-2H3,(H,22,25). The van der Waals surface area contributed by atoms with Gasteiger partial charge in [0.2, 0.25) is 0 Å². The lowest BCUT2D eigenvalue weighted by Gasteiger charge is -2.24. The van der Waals surface area contributed by atoms with Gasteiger partial charge in [-0.1, -0.05) is 44.2 Å². The Morgan fingerprint density at radius 3 is 2.52 bits per heavy atom. The first-order valence-corrected chi connectivity index (χ1v) is 9.07. The van der Waals surface area contributed by atoms with E-state index in [1.807, 2.05) is 44.2 Å². The average Bonchev–Trinajstić information content (AvgIpc) is 3.13. The van der Waals surface area contributed by atoms with Gasteiger partial charge >= 0.3 is 6.03 Å². The fourth-order valence-corrected chi connectivity index (χ4v) is 3.79.